The van der Waals surface area contributed by atoms with Crippen LogP contribution in [0.25, 0.3) is 0 Å². The van der Waals surface area contributed by atoms with Crippen LogP contribution >= 0.6 is 0 Å². The van der Waals surface area contributed by atoms with Gasteiger partial charge in [0.2, 0.25) is 0 Å². The molecule has 186 valence electrons. The topological polar surface area (TPSA) is 88.4 Å². The summed E-state index contributed by atoms with van der Waals surface area (Å²) in [7, 11) is 3.30. The lowest BCUT2D eigenvalue weighted by Crippen LogP contribution is -2.54. The van der Waals surface area contributed by atoms with Gasteiger partial charge in [-0.15, -0.1) is 0 Å². The number of hydrogen-bond donors (Lipinski definition) is 0. The zero-order valence-electron chi connectivity index (χ0n) is 21.0. The monoisotopic (exact) mass is 480 g/mol. The quantitative estimate of drug-likeness (QED) is 0.659. The van der Waals surface area contributed by atoms with Gasteiger partial charge in [-0.2, -0.15) is 0 Å². The van der Waals surface area contributed by atoms with Gasteiger partial charge in [0.05, 0.1) is 32.5 Å². The van der Waals surface area contributed by atoms with Gasteiger partial charge in [-0.05, 0) is 38.3 Å². The van der Waals surface area contributed by atoms with Crippen LogP contribution in [0.3, 0.4) is 0 Å². The molecule has 3 aliphatic heterocycles. The van der Waals surface area contributed by atoms with Gasteiger partial charge in [0, 0.05) is 42.9 Å². The molecule has 0 radical (unpaired) electrons. The zero-order chi connectivity index (χ0) is 24.9. The molecule has 5 rings (SSSR count). The van der Waals surface area contributed by atoms with Crippen LogP contribution in [0.4, 0.5) is 4.79 Å². The van der Waals surface area contributed by atoms with Crippen LogP contribution < -0.4 is 9.47 Å². The van der Waals surface area contributed by atoms with Crippen molar-refractivity contribution in [2.75, 3.05) is 33.9 Å². The minimum absolute atomic E-state index is 0.00948. The van der Waals surface area contributed by atoms with E-state index >= 15 is 0 Å². The normalized spacial score (nSPS) is 20.9. The maximum atomic E-state index is 13.7. The molecular formula is C26H32N4O5. The Bertz CT molecular complexity index is 1190. The molecule has 9 heteroatoms. The van der Waals surface area contributed by atoms with Crippen LogP contribution in [0.2, 0.25) is 0 Å². The van der Waals surface area contributed by atoms with Gasteiger partial charge in [0.1, 0.15) is 22.8 Å². The van der Waals surface area contributed by atoms with E-state index in [1.807, 2.05) is 33.8 Å². The van der Waals surface area contributed by atoms with Crippen molar-refractivity contribution in [2.45, 2.75) is 51.6 Å². The van der Waals surface area contributed by atoms with E-state index < -0.39 is 5.54 Å². The highest BCUT2D eigenvalue weighted by Gasteiger charge is 2.55. The maximum Gasteiger partial charge on any atom is 0.325 e. The highest BCUT2D eigenvalue weighted by atomic mass is 16.5. The van der Waals surface area contributed by atoms with Crippen LogP contribution in [0.5, 0.6) is 11.5 Å². The van der Waals surface area contributed by atoms with E-state index in [1.54, 1.807) is 21.1 Å². The smallest absolute Gasteiger partial charge is 0.325 e. The molecule has 35 heavy (non-hydrogen) atoms. The lowest BCUT2D eigenvalue weighted by molar-refractivity contribution is 0.0574. The molecule has 0 N–H and O–H groups in total. The number of hydrogen-bond acceptors (Lipinski definition) is 6. The van der Waals surface area contributed by atoms with Gasteiger partial charge in [0.15, 0.2) is 0 Å². The summed E-state index contributed by atoms with van der Waals surface area (Å²) >= 11 is 0. The van der Waals surface area contributed by atoms with Crippen molar-refractivity contribution in [2.24, 2.45) is 0 Å². The first-order valence-electron chi connectivity index (χ1n) is 12.1. The Hall–Kier alpha value is -3.49. The van der Waals surface area contributed by atoms with Crippen molar-refractivity contribution in [3.8, 4) is 11.5 Å². The number of ether oxygens (including phenoxy) is 2. The number of piperidine rings is 1. The van der Waals surface area contributed by atoms with Crippen molar-refractivity contribution < 1.29 is 23.6 Å². The number of amides is 3. The fourth-order valence-corrected chi connectivity index (χ4v) is 6.02. The second kappa shape index (κ2) is 8.62. The predicted octanol–water partition coefficient (Wildman–Crippen LogP) is 3.93. The molecule has 4 heterocycles. The van der Waals surface area contributed by atoms with E-state index in [2.05, 4.69) is 18.2 Å². The molecule has 3 amide bonds. The predicted molar refractivity (Wildman–Crippen MR) is 128 cm³/mol. The third-order valence-corrected chi connectivity index (χ3v) is 7.77. The van der Waals surface area contributed by atoms with E-state index in [-0.39, 0.29) is 17.9 Å². The molecule has 0 unspecified atom stereocenters. The van der Waals surface area contributed by atoms with Gasteiger partial charge >= 0.3 is 6.03 Å². The number of carbonyl (C=O) groups excluding carboxylic acids is 2. The molecule has 9 nitrogen and oxygen atoms in total. The molecule has 1 spiro atoms. The summed E-state index contributed by atoms with van der Waals surface area (Å²) in [5.74, 6) is 1.97. The van der Waals surface area contributed by atoms with Gasteiger partial charge in [0.25, 0.3) is 5.91 Å². The van der Waals surface area contributed by atoms with Crippen molar-refractivity contribution >= 4 is 11.9 Å². The molecule has 1 aromatic heterocycles. The van der Waals surface area contributed by atoms with Gasteiger partial charge in [-0.1, -0.05) is 18.2 Å². The summed E-state index contributed by atoms with van der Waals surface area (Å²) in [6.45, 7) is 8.08. The van der Waals surface area contributed by atoms with E-state index in [4.69, 9.17) is 14.0 Å². The minimum atomic E-state index is -0.445. The SMILES string of the molecule is CCN1C(=O)N2Cc3cc(OC)cc(OC)c3[C@@H](C)C=C2C12CCN(C(=O)c1cnoc1C)CC2. The van der Waals surface area contributed by atoms with Crippen LogP contribution in [0.1, 0.15) is 59.9 Å². The number of aryl methyl sites for hydroxylation is 1. The Labute approximate surface area is 205 Å². The number of urea groups is 1. The first-order chi connectivity index (χ1) is 16.8. The number of methoxy groups -OCH3 is 2. The third kappa shape index (κ3) is 3.47. The standard InChI is InChI=1S/C26H32N4O5/c1-6-30-25(32)29-15-18-12-19(33-4)13-21(34-5)23(18)16(2)11-22(29)26(30)7-9-28(10-8-26)24(31)20-14-27-35-17(20)3/h11-14,16H,6-10,15H2,1-5H3/t16-/m0/s1. The molecule has 1 atom stereocenters. The maximum absolute atomic E-state index is 13.7. The zero-order valence-corrected chi connectivity index (χ0v) is 21.0. The summed E-state index contributed by atoms with van der Waals surface area (Å²) in [5, 5.41) is 3.75. The molecular weight excluding hydrogens is 448 g/mol. The summed E-state index contributed by atoms with van der Waals surface area (Å²) in [6.07, 6.45) is 5.05. The number of aromatic nitrogens is 1. The van der Waals surface area contributed by atoms with E-state index in [0.717, 1.165) is 22.6 Å². The average Bonchev–Trinajstić information content (AvgIpc) is 3.32. The first-order valence-corrected chi connectivity index (χ1v) is 12.1. The van der Waals surface area contributed by atoms with Gasteiger partial charge in [-0.25, -0.2) is 4.79 Å². The van der Waals surface area contributed by atoms with Gasteiger partial charge in [-0.3, -0.25) is 9.69 Å². The summed E-state index contributed by atoms with van der Waals surface area (Å²) in [6, 6.07) is 3.91. The fourth-order valence-electron chi connectivity index (χ4n) is 6.02. The van der Waals surface area contributed by atoms with E-state index in [9.17, 15) is 9.59 Å². The number of likely N-dealkylation sites (tertiary alicyclic amines) is 1. The molecule has 2 saturated heterocycles. The number of nitrogens with zero attached hydrogens (tertiary/aromatic N) is 4. The Morgan fingerprint density at radius 1 is 1.23 bits per heavy atom. The Balaban J connectivity index is 1.50. The van der Waals surface area contributed by atoms with E-state index in [1.165, 1.54) is 6.20 Å². The number of carbonyl (C=O) groups is 2. The Kier molecular flexibility index (Phi) is 5.73. The molecule has 3 aliphatic rings. The highest BCUT2D eigenvalue weighted by Crippen LogP contribution is 2.49. The molecule has 2 aromatic rings. The molecule has 0 aliphatic carbocycles. The summed E-state index contributed by atoms with van der Waals surface area (Å²) in [5.41, 5.74) is 3.19. The second-order valence-corrected chi connectivity index (χ2v) is 9.48. The fraction of sp³-hybridized carbons (Fsp3) is 0.500. The summed E-state index contributed by atoms with van der Waals surface area (Å²) in [4.78, 5) is 32.5. The van der Waals surface area contributed by atoms with Crippen LogP contribution in [0.15, 0.2) is 34.6 Å². The number of likely N-dealkylation sites (N-methyl/N-ethyl adjacent to an activating group) is 1. The molecule has 2 fully saturated rings. The Morgan fingerprint density at radius 3 is 2.57 bits per heavy atom. The number of fused-ring (bicyclic) bond motifs is 3. The van der Waals surface area contributed by atoms with Crippen molar-refractivity contribution in [3.05, 3.63) is 52.6 Å². The Morgan fingerprint density at radius 2 is 1.97 bits per heavy atom. The summed E-state index contributed by atoms with van der Waals surface area (Å²) < 4.78 is 16.3. The highest BCUT2D eigenvalue weighted by molar-refractivity contribution is 5.95. The van der Waals surface area contributed by atoms with E-state index in [0.29, 0.717) is 56.1 Å². The van der Waals surface area contributed by atoms with Crippen LogP contribution in [0, 0.1) is 6.92 Å². The average molecular weight is 481 g/mol. The van der Waals surface area contributed by atoms with Crippen molar-refractivity contribution in [1.82, 2.24) is 19.9 Å². The lowest BCUT2D eigenvalue weighted by Gasteiger charge is -2.44. The first kappa shape index (κ1) is 23.3. The van der Waals surface area contributed by atoms with Crippen molar-refractivity contribution in [1.29, 1.82) is 0 Å². The molecule has 0 saturated carbocycles. The second-order valence-electron chi connectivity index (χ2n) is 9.48. The third-order valence-electron chi connectivity index (χ3n) is 7.77. The van der Waals surface area contributed by atoms with Crippen molar-refractivity contribution in [3.63, 3.8) is 0 Å². The van der Waals surface area contributed by atoms with Gasteiger partial charge < -0.3 is 23.8 Å². The van der Waals surface area contributed by atoms with Crippen LogP contribution in [-0.2, 0) is 6.54 Å². The number of allylic oxidation sites excluding steroid dienone is 1. The van der Waals surface area contributed by atoms with Crippen LogP contribution in [-0.4, -0.2) is 71.2 Å². The lowest BCUT2D eigenvalue weighted by atomic mass is 9.82. The molecule has 0 bridgehead atoms. The number of benzene rings is 1. The minimum Gasteiger partial charge on any atom is -0.497 e. The number of rotatable bonds is 4. The largest absolute Gasteiger partial charge is 0.497 e. The molecule has 1 aromatic carbocycles.